The van der Waals surface area contributed by atoms with Crippen molar-refractivity contribution in [1.29, 1.82) is 0 Å². The van der Waals surface area contributed by atoms with Gasteiger partial charge in [-0.05, 0) is 18.4 Å². The second-order valence-corrected chi connectivity index (χ2v) is 4.78. The lowest BCUT2D eigenvalue weighted by Gasteiger charge is -2.18. The Bertz CT molecular complexity index is 476. The van der Waals surface area contributed by atoms with Gasteiger partial charge in [-0.1, -0.05) is 12.1 Å². The van der Waals surface area contributed by atoms with Crippen LogP contribution < -0.4 is 0 Å². The smallest absolute Gasteiger partial charge is 0.407 e. The summed E-state index contributed by atoms with van der Waals surface area (Å²) < 4.78 is 0. The summed E-state index contributed by atoms with van der Waals surface area (Å²) in [6.07, 6.45) is -0.547. The number of hydrogen-bond donors (Lipinski definition) is 4. The van der Waals surface area contributed by atoms with E-state index >= 15 is 0 Å². The lowest BCUT2D eigenvalue weighted by atomic mass is 9.86. The minimum atomic E-state index is -1.01. The number of aliphatic hydroxyl groups is 1. The van der Waals surface area contributed by atoms with Gasteiger partial charge in [0.1, 0.15) is 0 Å². The van der Waals surface area contributed by atoms with Crippen LogP contribution in [-0.2, 0) is 0 Å². The van der Waals surface area contributed by atoms with Crippen molar-refractivity contribution in [2.75, 3.05) is 19.7 Å². The highest BCUT2D eigenvalue weighted by atomic mass is 16.4. The van der Waals surface area contributed by atoms with Crippen molar-refractivity contribution in [2.24, 2.45) is 5.92 Å². The van der Waals surface area contributed by atoms with Crippen molar-refractivity contribution in [1.82, 2.24) is 4.90 Å². The average Bonchev–Trinajstić information content (AvgIpc) is 2.77. The van der Waals surface area contributed by atoms with Gasteiger partial charge in [-0.3, -0.25) is 0 Å². The molecule has 2 atom stereocenters. The maximum Gasteiger partial charge on any atom is 0.407 e. The Morgan fingerprint density at radius 1 is 1.32 bits per heavy atom. The van der Waals surface area contributed by atoms with E-state index in [0.29, 0.717) is 18.5 Å². The number of nitrogens with zero attached hydrogens (tertiary/aromatic N) is 1. The van der Waals surface area contributed by atoms with Crippen LogP contribution in [-0.4, -0.2) is 51.1 Å². The van der Waals surface area contributed by atoms with Gasteiger partial charge in [0.25, 0.3) is 0 Å². The molecular formula is C13H17NO5. The van der Waals surface area contributed by atoms with Gasteiger partial charge in [0.15, 0.2) is 11.5 Å². The molecule has 0 spiro atoms. The predicted octanol–water partition coefficient (Wildman–Crippen LogP) is 1.17. The minimum Gasteiger partial charge on any atom is -0.504 e. The molecule has 4 N–H and O–H groups in total. The number of rotatable bonds is 3. The third kappa shape index (κ3) is 2.58. The van der Waals surface area contributed by atoms with Crippen LogP contribution in [0.3, 0.4) is 0 Å². The first kappa shape index (κ1) is 13.5. The molecule has 1 amide bonds. The fourth-order valence-electron chi connectivity index (χ4n) is 2.69. The number of phenolic OH excluding ortho intramolecular Hbond substituents is 2. The van der Waals surface area contributed by atoms with Gasteiger partial charge in [0.05, 0.1) is 0 Å². The third-order valence-electron chi connectivity index (χ3n) is 3.66. The molecule has 1 aliphatic heterocycles. The number of phenols is 2. The number of amides is 1. The molecule has 2 rings (SSSR count). The molecule has 19 heavy (non-hydrogen) atoms. The maximum absolute atomic E-state index is 11.0. The molecule has 0 saturated carbocycles. The standard InChI is InChI=1S/C13H17NO5/c15-5-4-8-6-14(13(18)19)7-10(8)9-2-1-3-11(16)12(9)17/h1-3,8,10,15-17H,4-7H2,(H,18,19)/t8-,10-/m1/s1. The van der Waals surface area contributed by atoms with Gasteiger partial charge in [-0.15, -0.1) is 0 Å². The molecule has 1 fully saturated rings. The van der Waals surface area contributed by atoms with Crippen LogP contribution in [0.5, 0.6) is 11.5 Å². The molecule has 0 aliphatic carbocycles. The molecule has 0 bridgehead atoms. The molecule has 1 aliphatic rings. The van der Waals surface area contributed by atoms with Gasteiger partial charge < -0.3 is 25.3 Å². The molecule has 104 valence electrons. The van der Waals surface area contributed by atoms with E-state index in [1.807, 2.05) is 0 Å². The minimum absolute atomic E-state index is 0.0335. The second kappa shape index (κ2) is 5.36. The van der Waals surface area contributed by atoms with Gasteiger partial charge in [0.2, 0.25) is 0 Å². The normalized spacial score (nSPS) is 22.7. The Hall–Kier alpha value is -1.95. The highest BCUT2D eigenvalue weighted by Crippen LogP contribution is 2.41. The van der Waals surface area contributed by atoms with Crippen LogP contribution in [0.15, 0.2) is 18.2 Å². The lowest BCUT2D eigenvalue weighted by Crippen LogP contribution is -2.26. The number of para-hydroxylation sites is 1. The highest BCUT2D eigenvalue weighted by molar-refractivity contribution is 5.66. The number of hydrogen-bond acceptors (Lipinski definition) is 4. The Morgan fingerprint density at radius 2 is 2.05 bits per heavy atom. The zero-order valence-electron chi connectivity index (χ0n) is 10.4. The fraction of sp³-hybridized carbons (Fsp3) is 0.462. The third-order valence-corrected chi connectivity index (χ3v) is 3.66. The quantitative estimate of drug-likeness (QED) is 0.616. The van der Waals surface area contributed by atoms with Crippen LogP contribution >= 0.6 is 0 Å². The van der Waals surface area contributed by atoms with Gasteiger partial charge >= 0.3 is 6.09 Å². The summed E-state index contributed by atoms with van der Waals surface area (Å²) in [5.41, 5.74) is 0.530. The molecule has 1 aromatic rings. The van der Waals surface area contributed by atoms with Crippen molar-refractivity contribution >= 4 is 6.09 Å². The molecule has 1 heterocycles. The SMILES string of the molecule is O=C(O)N1C[C@@H](CCO)[C@H](c2cccc(O)c2O)C1. The van der Waals surface area contributed by atoms with Crippen molar-refractivity contribution in [3.63, 3.8) is 0 Å². The van der Waals surface area contributed by atoms with Crippen molar-refractivity contribution in [3.8, 4) is 11.5 Å². The summed E-state index contributed by atoms with van der Waals surface area (Å²) in [5, 5.41) is 37.5. The Labute approximate surface area is 110 Å². The van der Waals surface area contributed by atoms with E-state index in [0.717, 1.165) is 0 Å². The first-order valence-electron chi connectivity index (χ1n) is 6.14. The Kier molecular flexibility index (Phi) is 3.80. The first-order valence-corrected chi connectivity index (χ1v) is 6.14. The van der Waals surface area contributed by atoms with Gasteiger partial charge in [-0.2, -0.15) is 0 Å². The summed E-state index contributed by atoms with van der Waals surface area (Å²) in [4.78, 5) is 12.3. The van der Waals surface area contributed by atoms with E-state index in [1.54, 1.807) is 12.1 Å². The molecule has 6 heteroatoms. The number of carboxylic acid groups (broad SMARTS) is 1. The first-order chi connectivity index (χ1) is 9.04. The van der Waals surface area contributed by atoms with E-state index in [-0.39, 0.29) is 36.5 Å². The fourth-order valence-corrected chi connectivity index (χ4v) is 2.69. The number of aliphatic hydroxyl groups excluding tert-OH is 1. The summed E-state index contributed by atoms with van der Waals surface area (Å²) >= 11 is 0. The number of likely N-dealkylation sites (tertiary alicyclic amines) is 1. The van der Waals surface area contributed by atoms with Crippen molar-refractivity contribution < 1.29 is 25.2 Å². The van der Waals surface area contributed by atoms with E-state index in [2.05, 4.69) is 0 Å². The molecular weight excluding hydrogens is 250 g/mol. The Balaban J connectivity index is 2.30. The molecule has 1 saturated heterocycles. The number of benzene rings is 1. The van der Waals surface area contributed by atoms with E-state index in [4.69, 9.17) is 10.2 Å². The van der Waals surface area contributed by atoms with Crippen LogP contribution in [0, 0.1) is 5.92 Å². The van der Waals surface area contributed by atoms with Crippen molar-refractivity contribution in [2.45, 2.75) is 12.3 Å². The lowest BCUT2D eigenvalue weighted by molar-refractivity contribution is 0.152. The monoisotopic (exact) mass is 267 g/mol. The second-order valence-electron chi connectivity index (χ2n) is 4.78. The topological polar surface area (TPSA) is 101 Å². The molecule has 0 radical (unpaired) electrons. The molecule has 1 aromatic carbocycles. The highest BCUT2D eigenvalue weighted by Gasteiger charge is 2.37. The van der Waals surface area contributed by atoms with E-state index in [1.165, 1.54) is 11.0 Å². The Morgan fingerprint density at radius 3 is 2.68 bits per heavy atom. The molecule has 6 nitrogen and oxygen atoms in total. The van der Waals surface area contributed by atoms with Crippen molar-refractivity contribution in [3.05, 3.63) is 23.8 Å². The van der Waals surface area contributed by atoms with E-state index < -0.39 is 6.09 Å². The largest absolute Gasteiger partial charge is 0.504 e. The van der Waals surface area contributed by atoms with Crippen LogP contribution in [0.2, 0.25) is 0 Å². The maximum atomic E-state index is 11.0. The van der Waals surface area contributed by atoms with Gasteiger partial charge in [-0.25, -0.2) is 4.79 Å². The average molecular weight is 267 g/mol. The van der Waals surface area contributed by atoms with Crippen LogP contribution in [0.25, 0.3) is 0 Å². The summed E-state index contributed by atoms with van der Waals surface area (Å²) in [5.74, 6) is -0.694. The molecule has 0 unspecified atom stereocenters. The summed E-state index contributed by atoms with van der Waals surface area (Å²) in [7, 11) is 0. The van der Waals surface area contributed by atoms with Crippen LogP contribution in [0.4, 0.5) is 4.79 Å². The van der Waals surface area contributed by atoms with Gasteiger partial charge in [0, 0.05) is 31.2 Å². The number of aromatic hydroxyl groups is 2. The number of carbonyl (C=O) groups is 1. The van der Waals surface area contributed by atoms with Crippen LogP contribution in [0.1, 0.15) is 17.9 Å². The molecule has 0 aromatic heterocycles. The zero-order chi connectivity index (χ0) is 14.0. The van der Waals surface area contributed by atoms with E-state index in [9.17, 15) is 15.0 Å². The summed E-state index contributed by atoms with van der Waals surface area (Å²) in [6, 6.07) is 4.67. The predicted molar refractivity (Wildman–Crippen MR) is 67.3 cm³/mol. The zero-order valence-corrected chi connectivity index (χ0v) is 10.4. The summed E-state index contributed by atoms with van der Waals surface area (Å²) in [6.45, 7) is 0.556.